The largest absolute Gasteiger partial charge is 0.494 e. The zero-order valence-corrected chi connectivity index (χ0v) is 19.0. The molecule has 1 aromatic heterocycles. The van der Waals surface area contributed by atoms with Crippen LogP contribution in [-0.4, -0.2) is 43.0 Å². The highest BCUT2D eigenvalue weighted by Gasteiger charge is 2.26. The van der Waals surface area contributed by atoms with Crippen molar-refractivity contribution in [3.8, 4) is 5.75 Å². The molecule has 2 aromatic carbocycles. The van der Waals surface area contributed by atoms with Crippen LogP contribution in [0, 0.1) is 5.82 Å². The topological polar surface area (TPSA) is 51.7 Å². The minimum atomic E-state index is -0.239. The lowest BCUT2D eigenvalue weighted by Crippen LogP contribution is -2.37. The van der Waals surface area contributed by atoms with Crippen molar-refractivity contribution in [3.05, 3.63) is 48.3 Å². The first-order valence-electron chi connectivity index (χ1n) is 10.4. The van der Waals surface area contributed by atoms with E-state index in [9.17, 15) is 9.18 Å². The van der Waals surface area contributed by atoms with Crippen LogP contribution in [0.5, 0.6) is 5.75 Å². The first-order chi connectivity index (χ1) is 15.1. The minimum absolute atomic E-state index is 0.0476. The van der Waals surface area contributed by atoms with E-state index in [1.807, 2.05) is 18.2 Å². The number of nitrogens with zero attached hydrogens (tertiary/aromatic N) is 2. The first-order valence-corrected chi connectivity index (χ1v) is 12.2. The molecular weight excluding hydrogens is 435 g/mol. The van der Waals surface area contributed by atoms with Crippen LogP contribution in [0.15, 0.2) is 47.4 Å². The number of rotatable bonds is 9. The Morgan fingerprint density at radius 2 is 2.16 bits per heavy atom. The molecule has 1 saturated heterocycles. The lowest BCUT2D eigenvalue weighted by molar-refractivity contribution is -0.119. The van der Waals surface area contributed by atoms with Gasteiger partial charge in [0.1, 0.15) is 17.1 Å². The van der Waals surface area contributed by atoms with Crippen molar-refractivity contribution < 1.29 is 18.7 Å². The van der Waals surface area contributed by atoms with Crippen molar-refractivity contribution in [2.75, 3.05) is 30.9 Å². The van der Waals surface area contributed by atoms with E-state index in [-0.39, 0.29) is 17.8 Å². The Kier molecular flexibility index (Phi) is 7.42. The number of halogens is 1. The number of para-hydroxylation sites is 1. The van der Waals surface area contributed by atoms with Crippen molar-refractivity contribution in [3.63, 3.8) is 0 Å². The number of aromatic nitrogens is 1. The molecule has 1 fully saturated rings. The molecule has 0 aliphatic carbocycles. The third kappa shape index (κ3) is 5.56. The second-order valence-corrected chi connectivity index (χ2v) is 9.53. The lowest BCUT2D eigenvalue weighted by atomic mass is 10.2. The van der Waals surface area contributed by atoms with Crippen LogP contribution in [0.4, 0.5) is 9.52 Å². The maximum Gasteiger partial charge on any atom is 0.228 e. The van der Waals surface area contributed by atoms with Gasteiger partial charge in [0.2, 0.25) is 5.91 Å². The Morgan fingerprint density at radius 3 is 2.90 bits per heavy atom. The molecule has 1 aliphatic heterocycles. The minimum Gasteiger partial charge on any atom is -0.494 e. The molecule has 0 radical (unpaired) electrons. The summed E-state index contributed by atoms with van der Waals surface area (Å²) >= 11 is 3.13. The summed E-state index contributed by atoms with van der Waals surface area (Å²) in [6.45, 7) is 1.26. The van der Waals surface area contributed by atoms with Crippen LogP contribution >= 0.6 is 23.1 Å². The van der Waals surface area contributed by atoms with Crippen molar-refractivity contribution in [2.45, 2.75) is 36.7 Å². The average Bonchev–Trinajstić information content (AvgIpc) is 3.45. The Hall–Kier alpha value is -2.16. The van der Waals surface area contributed by atoms with E-state index >= 15 is 0 Å². The second kappa shape index (κ2) is 10.4. The fraction of sp³-hybridized carbons (Fsp3) is 0.391. The van der Waals surface area contributed by atoms with Gasteiger partial charge in [0.25, 0.3) is 0 Å². The number of amides is 1. The molecule has 3 aromatic rings. The number of ether oxygens (including phenoxy) is 2. The van der Waals surface area contributed by atoms with Crippen LogP contribution < -0.4 is 9.64 Å². The molecule has 1 atom stereocenters. The van der Waals surface area contributed by atoms with E-state index < -0.39 is 0 Å². The number of hydrogen-bond donors (Lipinski definition) is 0. The second-order valence-electron chi connectivity index (χ2n) is 7.35. The van der Waals surface area contributed by atoms with E-state index in [0.717, 1.165) is 46.7 Å². The van der Waals surface area contributed by atoms with Crippen molar-refractivity contribution in [1.82, 2.24) is 4.98 Å². The summed E-state index contributed by atoms with van der Waals surface area (Å²) in [6, 6.07) is 12.2. The van der Waals surface area contributed by atoms with Crippen LogP contribution in [0.25, 0.3) is 10.2 Å². The molecule has 0 bridgehead atoms. The molecule has 5 nitrogen and oxygen atoms in total. The molecule has 0 saturated carbocycles. The van der Waals surface area contributed by atoms with Gasteiger partial charge in [-0.2, -0.15) is 0 Å². The van der Waals surface area contributed by atoms with Crippen molar-refractivity contribution >= 4 is 44.4 Å². The molecule has 0 spiro atoms. The number of fused-ring (bicyclic) bond motifs is 1. The molecule has 2 heterocycles. The van der Waals surface area contributed by atoms with Gasteiger partial charge in [-0.25, -0.2) is 9.37 Å². The van der Waals surface area contributed by atoms with E-state index in [1.54, 1.807) is 35.9 Å². The monoisotopic (exact) mass is 460 g/mol. The van der Waals surface area contributed by atoms with Crippen LogP contribution in [0.2, 0.25) is 0 Å². The van der Waals surface area contributed by atoms with Gasteiger partial charge in [-0.15, -0.1) is 11.8 Å². The number of carbonyl (C=O) groups is 1. The van der Waals surface area contributed by atoms with Gasteiger partial charge in [-0.1, -0.05) is 17.4 Å². The highest BCUT2D eigenvalue weighted by atomic mass is 32.2. The Balaban J connectivity index is 1.44. The zero-order valence-electron chi connectivity index (χ0n) is 17.4. The summed E-state index contributed by atoms with van der Waals surface area (Å²) < 4.78 is 25.3. The fourth-order valence-corrected chi connectivity index (χ4v) is 5.41. The number of thioether (sulfide) groups is 1. The number of carbonyl (C=O) groups excluding carboxylic acids is 1. The molecule has 8 heteroatoms. The summed E-state index contributed by atoms with van der Waals surface area (Å²) in [5, 5.41) is 0.686. The maximum atomic E-state index is 13.2. The Morgan fingerprint density at radius 1 is 1.32 bits per heavy atom. The summed E-state index contributed by atoms with van der Waals surface area (Å²) in [7, 11) is 1.63. The predicted octanol–water partition coefficient (Wildman–Crippen LogP) is 5.53. The van der Waals surface area contributed by atoms with Crippen molar-refractivity contribution in [1.29, 1.82) is 0 Å². The summed E-state index contributed by atoms with van der Waals surface area (Å²) in [5.74, 6) is 1.31. The molecule has 164 valence electrons. The van der Waals surface area contributed by atoms with Gasteiger partial charge >= 0.3 is 0 Å². The van der Waals surface area contributed by atoms with E-state index in [4.69, 9.17) is 14.5 Å². The number of anilines is 1. The van der Waals surface area contributed by atoms with Gasteiger partial charge in [0, 0.05) is 17.9 Å². The molecule has 1 amide bonds. The summed E-state index contributed by atoms with van der Waals surface area (Å²) in [6.07, 6.45) is 3.18. The fourth-order valence-electron chi connectivity index (χ4n) is 3.55. The maximum absolute atomic E-state index is 13.2. The third-order valence-corrected chi connectivity index (χ3v) is 7.29. The summed E-state index contributed by atoms with van der Waals surface area (Å²) in [5.41, 5.74) is 0.780. The van der Waals surface area contributed by atoms with Gasteiger partial charge in [0.05, 0.1) is 24.5 Å². The molecule has 1 aliphatic rings. The lowest BCUT2D eigenvalue weighted by Gasteiger charge is -2.23. The Labute approximate surface area is 189 Å². The molecular formula is C23H25FN2O3S2. The number of hydrogen-bond acceptors (Lipinski definition) is 6. The number of methoxy groups -OCH3 is 1. The predicted molar refractivity (Wildman–Crippen MR) is 124 cm³/mol. The van der Waals surface area contributed by atoms with E-state index in [0.29, 0.717) is 23.8 Å². The smallest absolute Gasteiger partial charge is 0.228 e. The average molecular weight is 461 g/mol. The van der Waals surface area contributed by atoms with Crippen LogP contribution in [0.1, 0.15) is 25.7 Å². The van der Waals surface area contributed by atoms with E-state index in [2.05, 4.69) is 0 Å². The zero-order chi connectivity index (χ0) is 21.6. The van der Waals surface area contributed by atoms with E-state index in [1.165, 1.54) is 23.5 Å². The third-order valence-electron chi connectivity index (χ3n) is 5.15. The molecule has 4 rings (SSSR count). The molecule has 1 unspecified atom stereocenters. The summed E-state index contributed by atoms with van der Waals surface area (Å²) in [4.78, 5) is 20.7. The number of benzene rings is 2. The van der Waals surface area contributed by atoms with Gasteiger partial charge in [-0.05, 0) is 61.4 Å². The van der Waals surface area contributed by atoms with Crippen LogP contribution in [-0.2, 0) is 9.53 Å². The molecule has 31 heavy (non-hydrogen) atoms. The van der Waals surface area contributed by atoms with Crippen molar-refractivity contribution in [2.24, 2.45) is 0 Å². The molecule has 0 N–H and O–H groups in total. The standard InChI is InChI=1S/C23H25FN2O3S2/c1-28-19-6-2-7-20-22(19)25-23(31-20)26(15-17-5-3-13-29-17)21(27)8-4-14-30-18-11-9-16(24)10-12-18/h2,6-7,9-12,17H,3-5,8,13-15H2,1H3. The van der Waals surface area contributed by atoms with Crippen LogP contribution in [0.3, 0.4) is 0 Å². The quantitative estimate of drug-likeness (QED) is 0.310. The first kappa shape index (κ1) is 22.0. The SMILES string of the molecule is COc1cccc2sc(N(CC3CCCO3)C(=O)CCCSc3ccc(F)cc3)nc12. The van der Waals surface area contributed by atoms with Gasteiger partial charge in [0.15, 0.2) is 5.13 Å². The van der Waals surface area contributed by atoms with Gasteiger partial charge < -0.3 is 9.47 Å². The highest BCUT2D eigenvalue weighted by Crippen LogP contribution is 2.35. The van der Waals surface area contributed by atoms with Gasteiger partial charge in [-0.3, -0.25) is 9.69 Å². The highest BCUT2D eigenvalue weighted by molar-refractivity contribution is 7.99. The number of thiazole rings is 1. The normalized spacial score (nSPS) is 16.0. The Bertz CT molecular complexity index is 1020.